The van der Waals surface area contributed by atoms with Gasteiger partial charge in [0, 0.05) is 5.57 Å². The molecule has 1 aromatic carbocycles. The van der Waals surface area contributed by atoms with E-state index in [-0.39, 0.29) is 11.3 Å². The van der Waals surface area contributed by atoms with Gasteiger partial charge in [0.05, 0.1) is 16.6 Å². The van der Waals surface area contributed by atoms with Crippen molar-refractivity contribution in [3.63, 3.8) is 0 Å². The van der Waals surface area contributed by atoms with Gasteiger partial charge in [-0.2, -0.15) is 0 Å². The van der Waals surface area contributed by atoms with Gasteiger partial charge in [-0.25, -0.2) is 4.79 Å². The van der Waals surface area contributed by atoms with Crippen molar-refractivity contribution in [3.8, 4) is 5.75 Å². The van der Waals surface area contributed by atoms with Crippen LogP contribution in [0.1, 0.15) is 0 Å². The average Bonchev–Trinajstić information content (AvgIpc) is 2.52. The fourth-order valence-electron chi connectivity index (χ4n) is 2.48. The minimum Gasteiger partial charge on any atom is -0.477 e. The van der Waals surface area contributed by atoms with E-state index in [1.165, 1.54) is 0 Å². The molecule has 1 aromatic rings. The van der Waals surface area contributed by atoms with Crippen LogP contribution in [0.15, 0.2) is 41.6 Å². The van der Waals surface area contributed by atoms with Gasteiger partial charge in [0.15, 0.2) is 5.37 Å². The first-order chi connectivity index (χ1) is 10.5. The molecule has 3 rings (SSSR count). The first-order valence-corrected chi connectivity index (χ1v) is 7.76. The van der Waals surface area contributed by atoms with Crippen LogP contribution in [-0.4, -0.2) is 49.6 Å². The molecule has 2 aliphatic heterocycles. The van der Waals surface area contributed by atoms with Gasteiger partial charge in [0.25, 0.3) is 5.91 Å². The first kappa shape index (κ1) is 14.5. The van der Waals surface area contributed by atoms with Crippen molar-refractivity contribution in [2.45, 2.75) is 11.5 Å². The van der Waals surface area contributed by atoms with E-state index in [9.17, 15) is 23.7 Å². The zero-order chi connectivity index (χ0) is 15.9. The Balaban J connectivity index is 1.91. The lowest BCUT2D eigenvalue weighted by Gasteiger charge is -2.47. The molecule has 1 saturated heterocycles. The standard InChI is InChI=1S/C14H11NO6S/c16-6-8-7-22(20)13-11(21-9-4-2-1-3-5-9)12(17)15(13)10(8)14(18)19/h1-6,11,13H,7H2,(H,18,19)/t11?,13-,22?/m0/s1. The predicted octanol–water partition coefficient (Wildman–Crippen LogP) is -0.0978. The van der Waals surface area contributed by atoms with Gasteiger partial charge in [-0.1, -0.05) is 18.2 Å². The van der Waals surface area contributed by atoms with E-state index in [2.05, 4.69) is 0 Å². The van der Waals surface area contributed by atoms with Crippen LogP contribution in [0, 0.1) is 0 Å². The van der Waals surface area contributed by atoms with Crippen molar-refractivity contribution in [2.75, 3.05) is 5.75 Å². The monoisotopic (exact) mass is 321 g/mol. The van der Waals surface area contributed by atoms with E-state index >= 15 is 0 Å². The number of rotatable bonds is 4. The highest BCUT2D eigenvalue weighted by Gasteiger charge is 2.58. The molecule has 0 aliphatic carbocycles. The highest BCUT2D eigenvalue weighted by molar-refractivity contribution is 7.86. The van der Waals surface area contributed by atoms with E-state index in [4.69, 9.17) is 4.74 Å². The van der Waals surface area contributed by atoms with E-state index in [0.29, 0.717) is 12.0 Å². The molecule has 2 unspecified atom stereocenters. The van der Waals surface area contributed by atoms with Crippen LogP contribution in [0.4, 0.5) is 0 Å². The molecule has 1 amide bonds. The number of amides is 1. The molecule has 0 saturated carbocycles. The summed E-state index contributed by atoms with van der Waals surface area (Å²) in [6.07, 6.45) is -0.679. The summed E-state index contributed by atoms with van der Waals surface area (Å²) in [5.74, 6) is -1.78. The molecule has 0 spiro atoms. The normalized spacial score (nSPS) is 27.0. The molecular weight excluding hydrogens is 310 g/mol. The Kier molecular flexibility index (Phi) is 3.53. The van der Waals surface area contributed by atoms with E-state index < -0.39 is 39.9 Å². The summed E-state index contributed by atoms with van der Waals surface area (Å²) in [6.45, 7) is 0. The van der Waals surface area contributed by atoms with Gasteiger partial charge in [0.1, 0.15) is 17.7 Å². The number of carboxylic acids is 1. The highest BCUT2D eigenvalue weighted by atomic mass is 32.2. The number of para-hydroxylation sites is 1. The molecule has 114 valence electrons. The third-order valence-electron chi connectivity index (χ3n) is 3.46. The van der Waals surface area contributed by atoms with Crippen molar-refractivity contribution in [3.05, 3.63) is 41.6 Å². The number of hydrogen-bond donors (Lipinski definition) is 1. The molecule has 22 heavy (non-hydrogen) atoms. The Morgan fingerprint density at radius 3 is 2.64 bits per heavy atom. The number of hydrogen-bond acceptors (Lipinski definition) is 5. The quantitative estimate of drug-likeness (QED) is 0.614. The van der Waals surface area contributed by atoms with Crippen LogP contribution in [-0.2, 0) is 25.2 Å². The fraction of sp³-hybridized carbons (Fsp3) is 0.214. The average molecular weight is 321 g/mol. The molecule has 1 fully saturated rings. The minimum absolute atomic E-state index is 0.145. The maximum atomic E-state index is 12.2. The Labute approximate surface area is 127 Å². The van der Waals surface area contributed by atoms with Crippen molar-refractivity contribution in [1.29, 1.82) is 0 Å². The van der Waals surface area contributed by atoms with Crippen molar-refractivity contribution < 1.29 is 28.4 Å². The predicted molar refractivity (Wildman–Crippen MR) is 75.2 cm³/mol. The van der Waals surface area contributed by atoms with Gasteiger partial charge in [-0.3, -0.25) is 18.7 Å². The van der Waals surface area contributed by atoms with Gasteiger partial charge >= 0.3 is 5.97 Å². The summed E-state index contributed by atoms with van der Waals surface area (Å²) < 4.78 is 17.7. The SMILES string of the molecule is O=CC1=C(C(=O)O)N2C(=O)C(Oc3ccccc3)[C@@H]2S(=O)C1. The van der Waals surface area contributed by atoms with Crippen LogP contribution >= 0.6 is 0 Å². The van der Waals surface area contributed by atoms with Crippen LogP contribution in [0.5, 0.6) is 5.75 Å². The summed E-state index contributed by atoms with van der Waals surface area (Å²) in [7, 11) is -1.59. The second-order valence-electron chi connectivity index (χ2n) is 4.77. The van der Waals surface area contributed by atoms with Crippen molar-refractivity contribution in [2.24, 2.45) is 0 Å². The number of nitrogens with zero attached hydrogens (tertiary/aromatic N) is 1. The van der Waals surface area contributed by atoms with Gasteiger partial charge in [-0.05, 0) is 12.1 Å². The minimum atomic E-state index is -1.59. The zero-order valence-electron chi connectivity index (χ0n) is 11.2. The van der Waals surface area contributed by atoms with Crippen LogP contribution < -0.4 is 4.74 Å². The van der Waals surface area contributed by atoms with Crippen LogP contribution in [0.25, 0.3) is 0 Å². The second kappa shape index (κ2) is 5.38. The number of carbonyl (C=O) groups is 3. The van der Waals surface area contributed by atoms with E-state index in [1.54, 1.807) is 30.3 Å². The molecule has 3 atom stereocenters. The maximum Gasteiger partial charge on any atom is 0.353 e. The third-order valence-corrected chi connectivity index (χ3v) is 5.05. The van der Waals surface area contributed by atoms with Gasteiger partial charge < -0.3 is 9.84 Å². The lowest BCUT2D eigenvalue weighted by atomic mass is 10.1. The summed E-state index contributed by atoms with van der Waals surface area (Å²) in [5, 5.41) is 8.30. The summed E-state index contributed by atoms with van der Waals surface area (Å²) >= 11 is 0. The highest BCUT2D eigenvalue weighted by Crippen LogP contribution is 2.36. The van der Waals surface area contributed by atoms with Crippen LogP contribution in [0.2, 0.25) is 0 Å². The second-order valence-corrected chi connectivity index (χ2v) is 6.31. The molecule has 2 aliphatic rings. The number of benzene rings is 1. The number of carboxylic acid groups (broad SMARTS) is 1. The topological polar surface area (TPSA) is 101 Å². The zero-order valence-corrected chi connectivity index (χ0v) is 12.0. The molecule has 7 nitrogen and oxygen atoms in total. The van der Waals surface area contributed by atoms with Crippen LogP contribution in [0.3, 0.4) is 0 Å². The van der Waals surface area contributed by atoms with Gasteiger partial charge in [-0.15, -0.1) is 0 Å². The Hall–Kier alpha value is -2.48. The Morgan fingerprint density at radius 2 is 2.05 bits per heavy atom. The molecule has 0 radical (unpaired) electrons. The molecule has 8 heteroatoms. The smallest absolute Gasteiger partial charge is 0.353 e. The number of aliphatic carboxylic acids is 1. The summed E-state index contributed by atoms with van der Waals surface area (Å²) in [5.41, 5.74) is -0.550. The largest absolute Gasteiger partial charge is 0.477 e. The van der Waals surface area contributed by atoms with E-state index in [1.807, 2.05) is 0 Å². The number of aldehydes is 1. The lowest BCUT2D eigenvalue weighted by molar-refractivity contribution is -0.157. The van der Waals surface area contributed by atoms with Crippen molar-refractivity contribution in [1.82, 2.24) is 4.90 Å². The molecule has 2 heterocycles. The van der Waals surface area contributed by atoms with E-state index in [0.717, 1.165) is 4.90 Å². The molecule has 0 aromatic heterocycles. The van der Waals surface area contributed by atoms with Gasteiger partial charge in [0.2, 0.25) is 6.10 Å². The number of carbonyl (C=O) groups excluding carboxylic acids is 2. The molecular formula is C14H11NO6S. The Morgan fingerprint density at radius 1 is 1.36 bits per heavy atom. The van der Waals surface area contributed by atoms with Crippen molar-refractivity contribution >= 4 is 29.0 Å². The Bertz CT molecular complexity index is 713. The summed E-state index contributed by atoms with van der Waals surface area (Å²) in [4.78, 5) is 35.3. The fourth-order valence-corrected chi connectivity index (χ4v) is 4.05. The number of ether oxygens (including phenoxy) is 1. The summed E-state index contributed by atoms with van der Waals surface area (Å²) in [6, 6.07) is 8.52. The number of fused-ring (bicyclic) bond motifs is 1. The maximum absolute atomic E-state index is 12.2. The lowest BCUT2D eigenvalue weighted by Crippen LogP contribution is -2.70. The third kappa shape index (κ3) is 2.12. The molecule has 0 bridgehead atoms. The number of β-lactam (4-membered cyclic amide) rings is 1. The first-order valence-electron chi connectivity index (χ1n) is 6.38. The molecule has 1 N–H and O–H groups in total.